The molecule has 0 saturated carbocycles. The molecule has 0 aliphatic rings. The summed E-state index contributed by atoms with van der Waals surface area (Å²) in [6, 6.07) is 0. The van der Waals surface area contributed by atoms with Crippen molar-refractivity contribution >= 4 is 17.5 Å². The van der Waals surface area contributed by atoms with Crippen LogP contribution in [0.1, 0.15) is 87.0 Å². The van der Waals surface area contributed by atoms with Crippen LogP contribution in [-0.2, 0) is 57.2 Å². The van der Waals surface area contributed by atoms with E-state index in [4.69, 9.17) is 65.2 Å². The second-order valence-electron chi connectivity index (χ2n) is 10.3. The van der Waals surface area contributed by atoms with Gasteiger partial charge in [-0.3, -0.25) is 14.8 Å². The molecule has 0 fully saturated rings. The summed E-state index contributed by atoms with van der Waals surface area (Å²) in [5.41, 5.74) is 10.3. The molecule has 18 heteroatoms. The number of Topliss-reactive ketones (excluding diaryl/α,β-unsaturated/α-hetero) is 2. The molecule has 0 spiro atoms. The number of rotatable bonds is 30. The first-order chi connectivity index (χ1) is 26.0. The smallest absolute Gasteiger partial charge is 0.305 e. The fourth-order valence-corrected chi connectivity index (χ4v) is 2.34. The lowest BCUT2D eigenvalue weighted by atomic mass is 10.2. The third-order valence-electron chi connectivity index (χ3n) is 4.75. The maximum absolute atomic E-state index is 10.2. The van der Waals surface area contributed by atoms with Gasteiger partial charge in [-0.05, 0) is 46.0 Å². The minimum Gasteiger partial charge on any atom is -0.481 e. The number of aliphatic carboxylic acids is 1. The summed E-state index contributed by atoms with van der Waals surface area (Å²) < 4.78 is 38.8. The molecular weight excluding hydrogens is 728 g/mol. The molecule has 8 N–H and O–H groups in total. The van der Waals surface area contributed by atoms with Gasteiger partial charge in [-0.1, -0.05) is 28.2 Å². The molecule has 0 saturated heterocycles. The number of carboxylic acid groups (broad SMARTS) is 1. The van der Waals surface area contributed by atoms with Gasteiger partial charge in [0, 0.05) is 60.7 Å². The minimum absolute atomic E-state index is 0. The highest BCUT2D eigenvalue weighted by molar-refractivity contribution is 5.76. The van der Waals surface area contributed by atoms with Crippen molar-refractivity contribution in [2.45, 2.75) is 87.0 Å². The van der Waals surface area contributed by atoms with Crippen LogP contribution in [0.15, 0.2) is 0 Å². The van der Waals surface area contributed by atoms with Crippen LogP contribution < -0.4 is 11.5 Å². The third kappa shape index (κ3) is 135. The van der Waals surface area contributed by atoms with Crippen LogP contribution in [0.5, 0.6) is 0 Å². The Morgan fingerprint density at radius 1 is 0.509 bits per heavy atom. The first kappa shape index (κ1) is 71.0. The van der Waals surface area contributed by atoms with Crippen molar-refractivity contribution in [3.63, 3.8) is 0 Å². The number of carboxylic acids is 1. The van der Waals surface area contributed by atoms with Crippen LogP contribution >= 0.6 is 0 Å². The summed E-state index contributed by atoms with van der Waals surface area (Å²) in [7, 11) is 4.95. The quantitative estimate of drug-likeness (QED) is 0.0346. The lowest BCUT2D eigenvalue weighted by Gasteiger charge is -2.02. The third-order valence-corrected chi connectivity index (χ3v) is 4.75. The molecule has 0 atom stereocenters. The molecule has 0 rings (SSSR count). The predicted octanol–water partition coefficient (Wildman–Crippen LogP) is 3.01. The lowest BCUT2D eigenvalue weighted by molar-refractivity contribution is -0.241. The summed E-state index contributed by atoms with van der Waals surface area (Å²) in [5, 5.41) is 32.2. The Morgan fingerprint density at radius 2 is 0.945 bits per heavy atom. The van der Waals surface area contributed by atoms with Gasteiger partial charge in [0.2, 0.25) is 0 Å². The number of carbonyl (C=O) groups is 3. The van der Waals surface area contributed by atoms with Crippen LogP contribution in [0.4, 0.5) is 0 Å². The molecule has 0 bridgehead atoms. The van der Waals surface area contributed by atoms with E-state index in [0.717, 1.165) is 45.3 Å². The monoisotopic (exact) mass is 815 g/mol. The zero-order valence-corrected chi connectivity index (χ0v) is 35.0. The number of ketones is 2. The fraction of sp³-hybridized carbons (Fsp3) is 0.919. The number of methoxy groups -OCH3 is 3. The SMILES string of the molecule is C.CC(=O)CCCCO.CCCOC.CCCOCCO.CCCOO.COCCOCC(C)=O.COCCOCCN.NCCOCCOCCC(=O)O. The Hall–Kier alpha value is -1.75. The van der Waals surface area contributed by atoms with E-state index >= 15 is 0 Å². The minimum atomic E-state index is -0.849. The van der Waals surface area contributed by atoms with Crippen LogP contribution in [0.2, 0.25) is 0 Å². The number of ether oxygens (including phenoxy) is 8. The van der Waals surface area contributed by atoms with Crippen LogP contribution in [0.3, 0.4) is 0 Å². The number of aliphatic hydroxyl groups excluding tert-OH is 2. The fourth-order valence-electron chi connectivity index (χ4n) is 2.34. The average Bonchev–Trinajstić information content (AvgIpc) is 3.14. The Morgan fingerprint density at radius 3 is 1.25 bits per heavy atom. The van der Waals surface area contributed by atoms with Gasteiger partial charge in [-0.2, -0.15) is 0 Å². The molecule has 0 heterocycles. The zero-order chi connectivity index (χ0) is 42.8. The molecule has 0 aromatic rings. The largest absolute Gasteiger partial charge is 0.481 e. The van der Waals surface area contributed by atoms with Gasteiger partial charge >= 0.3 is 5.97 Å². The number of nitrogens with two attached hydrogens (primary N) is 2. The normalized spacial score (nSPS) is 9.25. The number of unbranched alkanes of at least 4 members (excludes halogenated alkanes) is 1. The van der Waals surface area contributed by atoms with Gasteiger partial charge < -0.3 is 69.5 Å². The maximum atomic E-state index is 10.2. The molecule has 0 radical (unpaired) electrons. The Labute approximate surface area is 333 Å². The molecule has 0 aliphatic heterocycles. The van der Waals surface area contributed by atoms with E-state index in [1.165, 1.54) is 6.92 Å². The highest BCUT2D eigenvalue weighted by atomic mass is 17.1. The van der Waals surface area contributed by atoms with Gasteiger partial charge in [0.15, 0.2) is 5.78 Å². The van der Waals surface area contributed by atoms with Crippen molar-refractivity contribution in [2.24, 2.45) is 11.5 Å². The van der Waals surface area contributed by atoms with Crippen molar-refractivity contribution in [1.29, 1.82) is 0 Å². The Balaban J connectivity index is -0.0000000793. The van der Waals surface area contributed by atoms with Crippen LogP contribution in [-0.4, -0.2) is 178 Å². The van der Waals surface area contributed by atoms with E-state index in [9.17, 15) is 14.4 Å². The van der Waals surface area contributed by atoms with Crippen molar-refractivity contribution in [1.82, 2.24) is 0 Å². The van der Waals surface area contributed by atoms with Gasteiger partial charge in [-0.25, -0.2) is 4.89 Å². The van der Waals surface area contributed by atoms with Gasteiger partial charge in [0.1, 0.15) is 12.4 Å². The second-order valence-corrected chi connectivity index (χ2v) is 10.3. The summed E-state index contributed by atoms with van der Waals surface area (Å²) >= 11 is 0. The van der Waals surface area contributed by atoms with Crippen molar-refractivity contribution in [3.8, 4) is 0 Å². The molecule has 18 nitrogen and oxygen atoms in total. The van der Waals surface area contributed by atoms with E-state index in [0.29, 0.717) is 85.6 Å². The van der Waals surface area contributed by atoms with Crippen LogP contribution in [0, 0.1) is 0 Å². The number of hydrogen-bond donors (Lipinski definition) is 6. The summed E-state index contributed by atoms with van der Waals surface area (Å²) in [6.45, 7) is 17.9. The molecule has 0 aliphatic carbocycles. The van der Waals surface area contributed by atoms with Gasteiger partial charge in [0.05, 0.1) is 85.7 Å². The second kappa shape index (κ2) is 80.7. The van der Waals surface area contributed by atoms with E-state index in [2.05, 4.69) is 16.5 Å². The molecule has 340 valence electrons. The molecule has 0 aromatic carbocycles. The standard InChI is InChI=1S/C7H15NO4.C6H12O3.C6H12O2.C5H13NO2.C5H12O2.C4H10O.C3H8O2.CH4/c8-2-4-12-6-5-11-3-1-7(9)10;1-6(7)5-9-4-3-8-2;1-6(8)4-2-3-5-7;1-7-4-5-8-3-2-6;1-2-4-7-5-3-6;1-3-4-5-2;1-2-3-5-4;/h1-6,8H2,(H,9,10);3-5H2,1-2H3;7H,2-5H2,1H3;2-6H2,1H3;6H,2-5H2,1H3;3-4H2,1-2H3;4H,2-3H2,1H3;1H4. The van der Waals surface area contributed by atoms with E-state index in [1.54, 1.807) is 28.3 Å². The van der Waals surface area contributed by atoms with Gasteiger partial charge in [-0.15, -0.1) is 0 Å². The summed E-state index contributed by atoms with van der Waals surface area (Å²) in [5.74, 6) is -0.595. The first-order valence-corrected chi connectivity index (χ1v) is 18.4. The average molecular weight is 815 g/mol. The lowest BCUT2D eigenvalue weighted by Crippen LogP contribution is -2.13. The molecular formula is C37H86N2O16. The zero-order valence-electron chi connectivity index (χ0n) is 35.0. The number of aliphatic hydroxyl groups is 2. The Kier molecular flexibility index (Phi) is 104. The van der Waals surface area contributed by atoms with E-state index < -0.39 is 5.97 Å². The van der Waals surface area contributed by atoms with Crippen molar-refractivity contribution < 1.29 is 77.7 Å². The predicted molar refractivity (Wildman–Crippen MR) is 216 cm³/mol. The van der Waals surface area contributed by atoms with Crippen LogP contribution in [0.25, 0.3) is 0 Å². The van der Waals surface area contributed by atoms with E-state index in [-0.39, 0.29) is 51.8 Å². The molecule has 0 aromatic heterocycles. The summed E-state index contributed by atoms with van der Waals surface area (Å²) in [6.07, 6.45) is 5.25. The topological polar surface area (TPSA) is 267 Å². The molecule has 0 unspecified atom stereocenters. The van der Waals surface area contributed by atoms with Crippen molar-refractivity contribution in [3.05, 3.63) is 0 Å². The highest BCUT2D eigenvalue weighted by Gasteiger charge is 1.95. The highest BCUT2D eigenvalue weighted by Crippen LogP contribution is 1.93. The van der Waals surface area contributed by atoms with E-state index in [1.807, 2.05) is 13.8 Å². The Bertz CT molecular complexity index is 620. The number of carbonyl (C=O) groups excluding carboxylic acids is 2. The summed E-state index contributed by atoms with van der Waals surface area (Å²) in [4.78, 5) is 34.2. The molecule has 55 heavy (non-hydrogen) atoms. The molecule has 0 amide bonds. The van der Waals surface area contributed by atoms with Crippen molar-refractivity contribution in [2.75, 3.05) is 140 Å². The van der Waals surface area contributed by atoms with Gasteiger partial charge in [0.25, 0.3) is 0 Å². The maximum Gasteiger partial charge on any atom is 0.305 e. The number of hydrogen-bond acceptors (Lipinski definition) is 17. The first-order valence-electron chi connectivity index (χ1n) is 18.4.